The molecular formula is C16H25NO2. The molecule has 106 valence electrons. The Bertz CT molecular complexity index is 447. The van der Waals surface area contributed by atoms with Crippen LogP contribution in [0.2, 0.25) is 0 Å². The molecule has 1 N–H and O–H groups in total. The van der Waals surface area contributed by atoms with E-state index < -0.39 is 0 Å². The standard InChI is InChI=1S/C16H25NO2/c1-15(2,3)10-16(4,5)17-9-12-6-7-13-14(8-12)19-11-18-13/h6-8,17H,9-11H2,1-5H3. The van der Waals surface area contributed by atoms with E-state index in [1.807, 2.05) is 6.07 Å². The van der Waals surface area contributed by atoms with Gasteiger partial charge in [0, 0.05) is 12.1 Å². The lowest BCUT2D eigenvalue weighted by Gasteiger charge is -2.33. The highest BCUT2D eigenvalue weighted by atomic mass is 16.7. The summed E-state index contributed by atoms with van der Waals surface area (Å²) in [6.07, 6.45) is 1.13. The molecule has 1 aliphatic rings. The fourth-order valence-electron chi connectivity index (χ4n) is 2.78. The van der Waals surface area contributed by atoms with Crippen molar-refractivity contribution in [2.45, 2.75) is 53.1 Å². The quantitative estimate of drug-likeness (QED) is 0.898. The normalized spacial score (nSPS) is 14.8. The van der Waals surface area contributed by atoms with Crippen molar-refractivity contribution in [2.24, 2.45) is 5.41 Å². The van der Waals surface area contributed by atoms with E-state index in [1.54, 1.807) is 0 Å². The van der Waals surface area contributed by atoms with Gasteiger partial charge >= 0.3 is 0 Å². The number of nitrogens with one attached hydrogen (secondary N) is 1. The smallest absolute Gasteiger partial charge is 0.231 e. The van der Waals surface area contributed by atoms with Crippen LogP contribution in [-0.4, -0.2) is 12.3 Å². The van der Waals surface area contributed by atoms with E-state index in [2.05, 4.69) is 52.1 Å². The minimum Gasteiger partial charge on any atom is -0.454 e. The molecule has 0 bridgehead atoms. The molecule has 0 aromatic heterocycles. The van der Waals surface area contributed by atoms with Crippen LogP contribution in [0.15, 0.2) is 18.2 Å². The summed E-state index contributed by atoms with van der Waals surface area (Å²) in [4.78, 5) is 0. The van der Waals surface area contributed by atoms with Crippen molar-refractivity contribution in [3.63, 3.8) is 0 Å². The molecule has 0 fully saturated rings. The van der Waals surface area contributed by atoms with Crippen LogP contribution in [0.5, 0.6) is 11.5 Å². The van der Waals surface area contributed by atoms with Crippen molar-refractivity contribution in [1.29, 1.82) is 0 Å². The maximum absolute atomic E-state index is 5.40. The number of rotatable bonds is 4. The van der Waals surface area contributed by atoms with E-state index in [4.69, 9.17) is 9.47 Å². The molecule has 0 spiro atoms. The summed E-state index contributed by atoms with van der Waals surface area (Å²) in [5.74, 6) is 1.70. The van der Waals surface area contributed by atoms with E-state index in [9.17, 15) is 0 Å². The van der Waals surface area contributed by atoms with Crippen molar-refractivity contribution in [2.75, 3.05) is 6.79 Å². The van der Waals surface area contributed by atoms with Crippen molar-refractivity contribution >= 4 is 0 Å². The summed E-state index contributed by atoms with van der Waals surface area (Å²) in [5.41, 5.74) is 1.67. The number of ether oxygens (including phenoxy) is 2. The fraction of sp³-hybridized carbons (Fsp3) is 0.625. The van der Waals surface area contributed by atoms with Gasteiger partial charge in [-0.2, -0.15) is 0 Å². The Morgan fingerprint density at radius 1 is 1.05 bits per heavy atom. The summed E-state index contributed by atoms with van der Waals surface area (Å²) < 4.78 is 10.7. The molecule has 0 unspecified atom stereocenters. The van der Waals surface area contributed by atoms with Gasteiger partial charge in [0.25, 0.3) is 0 Å². The molecule has 0 atom stereocenters. The zero-order valence-electron chi connectivity index (χ0n) is 12.7. The molecule has 2 rings (SSSR count). The molecule has 3 heteroatoms. The Morgan fingerprint density at radius 3 is 2.42 bits per heavy atom. The highest BCUT2D eigenvalue weighted by Gasteiger charge is 2.25. The zero-order chi connectivity index (χ0) is 14.1. The summed E-state index contributed by atoms with van der Waals surface area (Å²) in [5, 5.41) is 3.63. The van der Waals surface area contributed by atoms with Crippen LogP contribution >= 0.6 is 0 Å². The van der Waals surface area contributed by atoms with Crippen molar-refractivity contribution in [3.05, 3.63) is 23.8 Å². The van der Waals surface area contributed by atoms with Gasteiger partial charge in [-0.05, 0) is 43.4 Å². The lowest BCUT2D eigenvalue weighted by molar-refractivity contribution is 0.174. The highest BCUT2D eigenvalue weighted by molar-refractivity contribution is 5.44. The van der Waals surface area contributed by atoms with E-state index in [-0.39, 0.29) is 5.54 Å². The minimum atomic E-state index is 0.120. The minimum absolute atomic E-state index is 0.120. The summed E-state index contributed by atoms with van der Waals surface area (Å²) >= 11 is 0. The monoisotopic (exact) mass is 263 g/mol. The van der Waals surface area contributed by atoms with Crippen LogP contribution < -0.4 is 14.8 Å². The second-order valence-electron chi connectivity index (χ2n) is 7.16. The second-order valence-corrected chi connectivity index (χ2v) is 7.16. The lowest BCUT2D eigenvalue weighted by Crippen LogP contribution is -2.41. The van der Waals surface area contributed by atoms with Crippen molar-refractivity contribution < 1.29 is 9.47 Å². The molecule has 1 aromatic rings. The van der Waals surface area contributed by atoms with E-state index >= 15 is 0 Å². The van der Waals surface area contributed by atoms with E-state index in [0.29, 0.717) is 12.2 Å². The molecule has 0 amide bonds. The Morgan fingerprint density at radius 2 is 1.74 bits per heavy atom. The van der Waals surface area contributed by atoms with Crippen LogP contribution in [-0.2, 0) is 6.54 Å². The molecule has 0 saturated carbocycles. The third-order valence-electron chi connectivity index (χ3n) is 3.18. The Labute approximate surface area is 116 Å². The highest BCUT2D eigenvalue weighted by Crippen LogP contribution is 2.33. The predicted octanol–water partition coefficient (Wildman–Crippen LogP) is 3.72. The molecule has 0 aliphatic carbocycles. The second kappa shape index (κ2) is 5.04. The van der Waals surface area contributed by atoms with Crippen LogP contribution in [0.1, 0.15) is 46.6 Å². The average molecular weight is 263 g/mol. The molecule has 3 nitrogen and oxygen atoms in total. The Hall–Kier alpha value is -1.22. The van der Waals surface area contributed by atoms with Crippen LogP contribution in [0.25, 0.3) is 0 Å². The van der Waals surface area contributed by atoms with Gasteiger partial charge in [0.1, 0.15) is 0 Å². The van der Waals surface area contributed by atoms with Gasteiger partial charge in [-0.3, -0.25) is 0 Å². The van der Waals surface area contributed by atoms with Gasteiger partial charge in [-0.15, -0.1) is 0 Å². The predicted molar refractivity (Wildman–Crippen MR) is 77.6 cm³/mol. The van der Waals surface area contributed by atoms with Crippen LogP contribution in [0.3, 0.4) is 0 Å². The van der Waals surface area contributed by atoms with Crippen molar-refractivity contribution in [3.8, 4) is 11.5 Å². The number of fused-ring (bicyclic) bond motifs is 1. The zero-order valence-corrected chi connectivity index (χ0v) is 12.7. The third kappa shape index (κ3) is 4.13. The first-order valence-electron chi connectivity index (χ1n) is 6.89. The van der Waals surface area contributed by atoms with Gasteiger partial charge < -0.3 is 14.8 Å². The molecular weight excluding hydrogens is 238 g/mol. The third-order valence-corrected chi connectivity index (χ3v) is 3.18. The molecule has 0 radical (unpaired) electrons. The summed E-state index contributed by atoms with van der Waals surface area (Å²) in [6, 6.07) is 6.13. The van der Waals surface area contributed by atoms with E-state index in [0.717, 1.165) is 24.5 Å². The average Bonchev–Trinajstić information content (AvgIpc) is 2.70. The molecule has 19 heavy (non-hydrogen) atoms. The van der Waals surface area contributed by atoms with Crippen molar-refractivity contribution in [1.82, 2.24) is 5.32 Å². The first-order valence-corrected chi connectivity index (χ1v) is 6.89. The van der Waals surface area contributed by atoms with Gasteiger partial charge in [0.2, 0.25) is 6.79 Å². The summed E-state index contributed by atoms with van der Waals surface area (Å²) in [6.45, 7) is 12.5. The topological polar surface area (TPSA) is 30.5 Å². The molecule has 1 heterocycles. The van der Waals surface area contributed by atoms with E-state index in [1.165, 1.54) is 5.56 Å². The first kappa shape index (κ1) is 14.2. The largest absolute Gasteiger partial charge is 0.454 e. The van der Waals surface area contributed by atoms with Gasteiger partial charge in [0.15, 0.2) is 11.5 Å². The number of hydrogen-bond donors (Lipinski definition) is 1. The van der Waals surface area contributed by atoms with Gasteiger partial charge in [-0.1, -0.05) is 26.8 Å². The maximum atomic E-state index is 5.40. The van der Waals surface area contributed by atoms with Crippen LogP contribution in [0, 0.1) is 5.41 Å². The number of benzene rings is 1. The number of hydrogen-bond acceptors (Lipinski definition) is 3. The molecule has 1 aromatic carbocycles. The summed E-state index contributed by atoms with van der Waals surface area (Å²) in [7, 11) is 0. The molecule has 0 saturated heterocycles. The Kier molecular flexibility index (Phi) is 3.77. The first-order chi connectivity index (χ1) is 8.75. The Balaban J connectivity index is 1.95. The lowest BCUT2D eigenvalue weighted by atomic mass is 9.82. The van der Waals surface area contributed by atoms with Crippen LogP contribution in [0.4, 0.5) is 0 Å². The van der Waals surface area contributed by atoms with Gasteiger partial charge in [-0.25, -0.2) is 0 Å². The molecule has 1 aliphatic heterocycles. The maximum Gasteiger partial charge on any atom is 0.231 e. The fourth-order valence-corrected chi connectivity index (χ4v) is 2.78. The SMILES string of the molecule is CC(C)(C)CC(C)(C)NCc1ccc2c(c1)OCO2. The van der Waals surface area contributed by atoms with Gasteiger partial charge in [0.05, 0.1) is 0 Å².